The number of fused-ring (bicyclic) bond motifs is 5. The van der Waals surface area contributed by atoms with Crippen LogP contribution >= 0.6 is 11.3 Å². The molecule has 0 spiro atoms. The first-order valence-electron chi connectivity index (χ1n) is 11.0. The second kappa shape index (κ2) is 7.57. The number of para-hydroxylation sites is 1. The van der Waals surface area contributed by atoms with Crippen molar-refractivity contribution in [2.24, 2.45) is 0 Å². The minimum Gasteiger partial charge on any atom is -0.278 e. The van der Waals surface area contributed by atoms with Gasteiger partial charge in [-0.25, -0.2) is 9.97 Å². The molecule has 0 atom stereocenters. The number of pyridine rings is 2. The molecule has 0 fully saturated rings. The summed E-state index contributed by atoms with van der Waals surface area (Å²) in [5.74, 6) is 0.642. The van der Waals surface area contributed by atoms with Crippen LogP contribution in [0.15, 0.2) is 103 Å². The monoisotopic (exact) mass is 455 g/mol. The van der Waals surface area contributed by atoms with Gasteiger partial charge < -0.3 is 0 Å². The van der Waals surface area contributed by atoms with Gasteiger partial charge in [0.1, 0.15) is 0 Å². The van der Waals surface area contributed by atoms with Crippen LogP contribution in [0.4, 0.5) is 0 Å². The van der Waals surface area contributed by atoms with Crippen LogP contribution in [0.25, 0.3) is 60.4 Å². The first-order chi connectivity index (χ1) is 16.9. The molecule has 0 saturated carbocycles. The van der Waals surface area contributed by atoms with Gasteiger partial charge in [0, 0.05) is 51.4 Å². The summed E-state index contributed by atoms with van der Waals surface area (Å²) in [6.45, 7) is 0. The van der Waals surface area contributed by atoms with Crippen molar-refractivity contribution in [1.29, 1.82) is 0 Å². The summed E-state index contributed by atoms with van der Waals surface area (Å²) in [6.07, 6.45) is 7.16. The van der Waals surface area contributed by atoms with Crippen LogP contribution in [0.2, 0.25) is 0 Å². The highest BCUT2D eigenvalue weighted by Crippen LogP contribution is 2.38. The topological polar surface area (TPSA) is 56.5 Å². The molecule has 160 valence electrons. The Morgan fingerprint density at radius 2 is 1.32 bits per heavy atom. The Morgan fingerprint density at radius 1 is 0.647 bits per heavy atom. The third-order valence-corrected chi connectivity index (χ3v) is 7.07. The fourth-order valence-corrected chi connectivity index (χ4v) is 5.52. The van der Waals surface area contributed by atoms with E-state index in [9.17, 15) is 0 Å². The van der Waals surface area contributed by atoms with Crippen molar-refractivity contribution in [3.8, 4) is 28.5 Å². The third-order valence-electron chi connectivity index (χ3n) is 6.12. The van der Waals surface area contributed by atoms with Gasteiger partial charge >= 0.3 is 0 Å². The summed E-state index contributed by atoms with van der Waals surface area (Å²) in [7, 11) is 0. The highest BCUT2D eigenvalue weighted by Gasteiger charge is 2.18. The molecule has 0 radical (unpaired) electrons. The molecule has 5 nitrogen and oxygen atoms in total. The largest absolute Gasteiger partial charge is 0.278 e. The highest BCUT2D eigenvalue weighted by atomic mass is 32.1. The Bertz CT molecular complexity index is 1750. The quantitative estimate of drug-likeness (QED) is 0.290. The summed E-state index contributed by atoms with van der Waals surface area (Å²) < 4.78 is 3.46. The predicted octanol–water partition coefficient (Wildman–Crippen LogP) is 6.91. The smallest absolute Gasteiger partial charge is 0.235 e. The molecule has 7 aromatic rings. The molecule has 0 N–H and O–H groups in total. The Hall–Kier alpha value is -4.42. The summed E-state index contributed by atoms with van der Waals surface area (Å²) in [5.41, 5.74) is 5.88. The minimum atomic E-state index is 0.642. The molecule has 0 amide bonds. The Labute approximate surface area is 199 Å². The lowest BCUT2D eigenvalue weighted by molar-refractivity contribution is 0.995. The molecule has 2 aromatic carbocycles. The van der Waals surface area contributed by atoms with Crippen LogP contribution in [0.3, 0.4) is 0 Å². The standard InChI is InChI=1S/C28H17N5S/c1-2-4-24-21(3-1)26-25(6-5-20-11-16-34-27(20)26)33(24)28-31-22(18-7-12-29-13-8-18)17-23(32-28)19-9-14-30-15-10-19/h1-17H. The van der Waals surface area contributed by atoms with Crippen LogP contribution in [-0.2, 0) is 0 Å². The van der Waals surface area contributed by atoms with Crippen LogP contribution in [0.1, 0.15) is 0 Å². The average molecular weight is 456 g/mol. The van der Waals surface area contributed by atoms with Gasteiger partial charge in [-0.15, -0.1) is 11.3 Å². The zero-order chi connectivity index (χ0) is 22.5. The van der Waals surface area contributed by atoms with Gasteiger partial charge in [0.25, 0.3) is 0 Å². The van der Waals surface area contributed by atoms with Crippen molar-refractivity contribution in [3.63, 3.8) is 0 Å². The second-order valence-corrected chi connectivity index (χ2v) is 8.98. The maximum Gasteiger partial charge on any atom is 0.235 e. The summed E-state index contributed by atoms with van der Waals surface area (Å²) >= 11 is 1.77. The average Bonchev–Trinajstić information content (AvgIpc) is 3.52. The lowest BCUT2D eigenvalue weighted by atomic mass is 10.1. The lowest BCUT2D eigenvalue weighted by Gasteiger charge is -2.11. The Balaban J connectivity index is 1.59. The van der Waals surface area contributed by atoms with Gasteiger partial charge in [-0.2, -0.15) is 0 Å². The number of rotatable bonds is 3. The summed E-state index contributed by atoms with van der Waals surface area (Å²) in [5, 5.41) is 5.85. The SMILES string of the molecule is c1ccc2c(c1)c1c3sccc3ccc1n2-c1nc(-c2ccncc2)cc(-c2ccncc2)n1. The third kappa shape index (κ3) is 2.93. The first kappa shape index (κ1) is 19.1. The van der Waals surface area contributed by atoms with Crippen LogP contribution in [0, 0.1) is 0 Å². The zero-order valence-corrected chi connectivity index (χ0v) is 18.8. The molecule has 0 unspecified atom stereocenters. The molecule has 34 heavy (non-hydrogen) atoms. The second-order valence-electron chi connectivity index (χ2n) is 8.06. The van der Waals surface area contributed by atoms with Crippen molar-refractivity contribution in [2.75, 3.05) is 0 Å². The van der Waals surface area contributed by atoms with Gasteiger partial charge in [0.2, 0.25) is 5.95 Å². The van der Waals surface area contributed by atoms with Gasteiger partial charge in [0.05, 0.1) is 22.4 Å². The highest BCUT2D eigenvalue weighted by molar-refractivity contribution is 7.18. The molecule has 0 aliphatic carbocycles. The Kier molecular flexibility index (Phi) is 4.25. The molecular weight excluding hydrogens is 438 g/mol. The van der Waals surface area contributed by atoms with Crippen LogP contribution in [0.5, 0.6) is 0 Å². The molecule has 0 saturated heterocycles. The molecule has 0 aliphatic heterocycles. The molecular formula is C28H17N5S. The predicted molar refractivity (Wildman–Crippen MR) is 138 cm³/mol. The van der Waals surface area contributed by atoms with E-state index < -0.39 is 0 Å². The van der Waals surface area contributed by atoms with Crippen LogP contribution < -0.4 is 0 Å². The summed E-state index contributed by atoms with van der Waals surface area (Å²) in [6, 6.07) is 25.0. The molecule has 7 rings (SSSR count). The van der Waals surface area contributed by atoms with Gasteiger partial charge in [-0.3, -0.25) is 14.5 Å². The number of hydrogen-bond donors (Lipinski definition) is 0. The van der Waals surface area contributed by atoms with E-state index in [-0.39, 0.29) is 0 Å². The van der Waals surface area contributed by atoms with Crippen molar-refractivity contribution in [1.82, 2.24) is 24.5 Å². The molecule has 6 heteroatoms. The maximum absolute atomic E-state index is 5.05. The molecule has 5 aromatic heterocycles. The molecule has 0 bridgehead atoms. The van der Waals surface area contributed by atoms with E-state index in [4.69, 9.17) is 9.97 Å². The van der Waals surface area contributed by atoms with E-state index >= 15 is 0 Å². The van der Waals surface area contributed by atoms with E-state index in [1.165, 1.54) is 20.9 Å². The number of nitrogens with zero attached hydrogens (tertiary/aromatic N) is 5. The van der Waals surface area contributed by atoms with E-state index in [1.807, 2.05) is 30.3 Å². The van der Waals surface area contributed by atoms with Crippen molar-refractivity contribution in [3.05, 3.63) is 103 Å². The molecule has 0 aliphatic rings. The number of benzene rings is 2. The number of aromatic nitrogens is 5. The zero-order valence-electron chi connectivity index (χ0n) is 18.0. The van der Waals surface area contributed by atoms with Gasteiger partial charge in [-0.05, 0) is 59.3 Å². The van der Waals surface area contributed by atoms with Crippen LogP contribution in [-0.4, -0.2) is 24.5 Å². The van der Waals surface area contributed by atoms with Crippen molar-refractivity contribution >= 4 is 43.2 Å². The summed E-state index contributed by atoms with van der Waals surface area (Å²) in [4.78, 5) is 18.5. The van der Waals surface area contributed by atoms with Gasteiger partial charge in [0.15, 0.2) is 0 Å². The van der Waals surface area contributed by atoms with E-state index in [0.29, 0.717) is 5.95 Å². The van der Waals surface area contributed by atoms with Crippen molar-refractivity contribution in [2.45, 2.75) is 0 Å². The normalized spacial score (nSPS) is 11.5. The van der Waals surface area contributed by atoms with Gasteiger partial charge in [-0.1, -0.05) is 24.3 Å². The minimum absolute atomic E-state index is 0.642. The maximum atomic E-state index is 5.05. The lowest BCUT2D eigenvalue weighted by Crippen LogP contribution is -2.04. The first-order valence-corrected chi connectivity index (χ1v) is 11.8. The fraction of sp³-hybridized carbons (Fsp3) is 0. The van der Waals surface area contributed by atoms with E-state index in [2.05, 4.69) is 62.4 Å². The number of hydrogen-bond acceptors (Lipinski definition) is 5. The van der Waals surface area contributed by atoms with E-state index in [1.54, 1.807) is 36.1 Å². The number of thiophene rings is 1. The van der Waals surface area contributed by atoms with Crippen molar-refractivity contribution < 1.29 is 0 Å². The molecule has 5 heterocycles. The Morgan fingerprint density at radius 3 is 2.03 bits per heavy atom. The van der Waals surface area contributed by atoms with E-state index in [0.717, 1.165) is 33.5 Å². The fourth-order valence-electron chi connectivity index (χ4n) is 4.57.